The minimum atomic E-state index is -0.637. The van der Waals surface area contributed by atoms with E-state index < -0.39 is 23.1 Å². The number of nitrogens with two attached hydrogens (primary N) is 1. The summed E-state index contributed by atoms with van der Waals surface area (Å²) in [5.74, 6) is -1.10. The minimum absolute atomic E-state index is 0.139. The van der Waals surface area contributed by atoms with Crippen molar-refractivity contribution in [1.82, 2.24) is 18.7 Å². The van der Waals surface area contributed by atoms with E-state index in [-0.39, 0.29) is 22.6 Å². The number of fused-ring (bicyclic) bond motifs is 1. The molecule has 0 bridgehead atoms. The van der Waals surface area contributed by atoms with Crippen LogP contribution in [-0.4, -0.2) is 30.5 Å². The molecule has 3 rings (SSSR count). The molecule has 0 radical (unpaired) electrons. The maximum atomic E-state index is 12.3. The second kappa shape index (κ2) is 6.02. The highest BCUT2D eigenvalue weighted by Gasteiger charge is 2.17. The highest BCUT2D eigenvalue weighted by molar-refractivity contribution is 7.12. The highest BCUT2D eigenvalue weighted by atomic mass is 32.1. The lowest BCUT2D eigenvalue weighted by atomic mass is 10.3. The molecule has 0 fully saturated rings. The largest absolute Gasteiger partial charge is 0.365 e. The number of anilines is 1. The Morgan fingerprint density at radius 2 is 2.00 bits per heavy atom. The summed E-state index contributed by atoms with van der Waals surface area (Å²) in [6.45, 7) is -0.210. The average Bonchev–Trinajstić information content (AvgIpc) is 3.18. The number of nitrogens with zero attached hydrogens (tertiary/aromatic N) is 4. The van der Waals surface area contributed by atoms with Gasteiger partial charge in [0.15, 0.2) is 11.2 Å². The number of amides is 2. The molecule has 0 aliphatic rings. The second-order valence-corrected chi connectivity index (χ2v) is 6.24. The van der Waals surface area contributed by atoms with Crippen LogP contribution in [0.15, 0.2) is 27.4 Å². The minimum Gasteiger partial charge on any atom is -0.365 e. The molecule has 2 amide bonds. The van der Waals surface area contributed by atoms with Crippen molar-refractivity contribution in [3.8, 4) is 0 Å². The van der Waals surface area contributed by atoms with E-state index in [1.54, 1.807) is 11.4 Å². The van der Waals surface area contributed by atoms with Crippen LogP contribution in [0.3, 0.4) is 0 Å². The van der Waals surface area contributed by atoms with Crippen LogP contribution in [-0.2, 0) is 25.4 Å². The van der Waals surface area contributed by atoms with Crippen LogP contribution >= 0.6 is 11.3 Å². The standard InChI is InChI=1S/C14H14N6O4S/c1-18-12-9(13(23)19(2)14(18)24)20(6-16-12)5-8(21)17-7-3-4-25-10(7)11(15)22/h3-4,6H,5H2,1-2H3,(H2,15,22)(H,17,21). The van der Waals surface area contributed by atoms with Crippen LogP contribution < -0.4 is 22.3 Å². The zero-order valence-corrected chi connectivity index (χ0v) is 14.2. The summed E-state index contributed by atoms with van der Waals surface area (Å²) in [5.41, 5.74) is 4.83. The Balaban J connectivity index is 1.95. The Kier molecular flexibility index (Phi) is 4.00. The van der Waals surface area contributed by atoms with Crippen molar-refractivity contribution in [2.75, 3.05) is 5.32 Å². The maximum absolute atomic E-state index is 12.3. The molecule has 0 spiro atoms. The van der Waals surface area contributed by atoms with Crippen molar-refractivity contribution < 1.29 is 9.59 Å². The van der Waals surface area contributed by atoms with Crippen LogP contribution in [0.4, 0.5) is 5.69 Å². The van der Waals surface area contributed by atoms with Gasteiger partial charge in [-0.2, -0.15) is 0 Å². The molecule has 11 heteroatoms. The number of rotatable bonds is 4. The first-order valence-corrected chi connectivity index (χ1v) is 7.97. The van der Waals surface area contributed by atoms with Crippen molar-refractivity contribution in [3.05, 3.63) is 43.5 Å². The van der Waals surface area contributed by atoms with E-state index in [2.05, 4.69) is 10.3 Å². The van der Waals surface area contributed by atoms with Crippen molar-refractivity contribution in [2.24, 2.45) is 19.8 Å². The summed E-state index contributed by atoms with van der Waals surface area (Å²) in [7, 11) is 2.85. The van der Waals surface area contributed by atoms with Crippen LogP contribution in [0.5, 0.6) is 0 Å². The number of imidazole rings is 1. The average molecular weight is 362 g/mol. The molecular formula is C14H14N6O4S. The van der Waals surface area contributed by atoms with Crippen LogP contribution in [0, 0.1) is 0 Å². The second-order valence-electron chi connectivity index (χ2n) is 5.33. The molecule has 25 heavy (non-hydrogen) atoms. The van der Waals surface area contributed by atoms with Crippen LogP contribution in [0.25, 0.3) is 11.2 Å². The third-order valence-corrected chi connectivity index (χ3v) is 4.62. The predicted molar refractivity (Wildman–Crippen MR) is 91.7 cm³/mol. The topological polar surface area (TPSA) is 134 Å². The SMILES string of the molecule is Cn1c(=O)c2c(ncn2CC(=O)Nc2ccsc2C(N)=O)n(C)c1=O. The van der Waals surface area contributed by atoms with Gasteiger partial charge in [-0.15, -0.1) is 11.3 Å². The molecule has 3 aromatic rings. The molecular weight excluding hydrogens is 348 g/mol. The lowest BCUT2D eigenvalue weighted by Crippen LogP contribution is -2.37. The molecule has 0 aliphatic carbocycles. The quantitative estimate of drug-likeness (QED) is 0.629. The fourth-order valence-electron chi connectivity index (χ4n) is 2.46. The number of hydrogen-bond donors (Lipinski definition) is 2. The van der Waals surface area contributed by atoms with Crippen molar-refractivity contribution in [3.63, 3.8) is 0 Å². The summed E-state index contributed by atoms with van der Waals surface area (Å²) in [6.07, 6.45) is 1.31. The van der Waals surface area contributed by atoms with E-state index in [0.29, 0.717) is 5.69 Å². The Bertz CT molecular complexity index is 1120. The molecule has 3 N–H and O–H groups in total. The third-order valence-electron chi connectivity index (χ3n) is 3.69. The molecule has 0 aromatic carbocycles. The van der Waals surface area contributed by atoms with Gasteiger partial charge in [-0.1, -0.05) is 0 Å². The van der Waals surface area contributed by atoms with Crippen LogP contribution in [0.1, 0.15) is 9.67 Å². The van der Waals surface area contributed by atoms with E-state index in [9.17, 15) is 19.2 Å². The first kappa shape index (κ1) is 16.6. The Hall–Kier alpha value is -3.21. The zero-order chi connectivity index (χ0) is 18.3. The summed E-state index contributed by atoms with van der Waals surface area (Å²) >= 11 is 1.12. The molecule has 10 nitrogen and oxygen atoms in total. The van der Waals surface area contributed by atoms with Gasteiger partial charge in [0.25, 0.3) is 11.5 Å². The van der Waals surface area contributed by atoms with Crippen molar-refractivity contribution in [2.45, 2.75) is 6.54 Å². The zero-order valence-electron chi connectivity index (χ0n) is 13.3. The van der Waals surface area contributed by atoms with Gasteiger partial charge in [0.1, 0.15) is 11.4 Å². The predicted octanol–water partition coefficient (Wildman–Crippen LogP) is -0.767. The Labute approximate surface area is 144 Å². The van der Waals surface area contributed by atoms with Gasteiger partial charge in [-0.25, -0.2) is 9.78 Å². The maximum Gasteiger partial charge on any atom is 0.332 e. The van der Waals surface area contributed by atoms with Crippen LogP contribution in [0.2, 0.25) is 0 Å². The summed E-state index contributed by atoms with van der Waals surface area (Å²) < 4.78 is 3.53. The monoisotopic (exact) mass is 362 g/mol. The van der Waals surface area contributed by atoms with E-state index >= 15 is 0 Å². The smallest absolute Gasteiger partial charge is 0.332 e. The molecule has 3 heterocycles. The molecule has 0 aliphatic heterocycles. The summed E-state index contributed by atoms with van der Waals surface area (Å²) in [4.78, 5) is 52.1. The number of thiophene rings is 1. The first-order valence-electron chi connectivity index (χ1n) is 7.09. The molecule has 0 saturated heterocycles. The first-order chi connectivity index (χ1) is 11.8. The van der Waals surface area contributed by atoms with E-state index in [0.717, 1.165) is 15.9 Å². The number of carbonyl (C=O) groups excluding carboxylic acids is 2. The highest BCUT2D eigenvalue weighted by Crippen LogP contribution is 2.21. The lowest BCUT2D eigenvalue weighted by Gasteiger charge is -2.07. The lowest BCUT2D eigenvalue weighted by molar-refractivity contribution is -0.116. The van der Waals surface area contributed by atoms with Crippen molar-refractivity contribution >= 4 is 40.0 Å². The normalized spacial score (nSPS) is 11.0. The number of nitrogens with one attached hydrogen (secondary N) is 1. The van der Waals surface area contributed by atoms with Gasteiger partial charge in [-0.05, 0) is 11.4 Å². The molecule has 0 unspecified atom stereocenters. The van der Waals surface area contributed by atoms with Gasteiger partial charge in [0, 0.05) is 14.1 Å². The molecule has 3 aromatic heterocycles. The van der Waals surface area contributed by atoms with Gasteiger partial charge >= 0.3 is 5.69 Å². The van der Waals surface area contributed by atoms with E-state index in [4.69, 9.17) is 5.73 Å². The number of aromatic nitrogens is 4. The number of carbonyl (C=O) groups is 2. The molecule has 130 valence electrons. The third kappa shape index (κ3) is 2.74. The number of primary amides is 1. The fourth-order valence-corrected chi connectivity index (χ4v) is 3.16. The van der Waals surface area contributed by atoms with Crippen molar-refractivity contribution in [1.29, 1.82) is 0 Å². The van der Waals surface area contributed by atoms with E-state index in [1.165, 1.54) is 29.6 Å². The molecule has 0 saturated carbocycles. The van der Waals surface area contributed by atoms with Gasteiger partial charge in [0.2, 0.25) is 5.91 Å². The Morgan fingerprint density at radius 1 is 1.28 bits per heavy atom. The summed E-state index contributed by atoms with van der Waals surface area (Å²) in [6, 6.07) is 1.57. The van der Waals surface area contributed by atoms with E-state index in [1.807, 2.05) is 0 Å². The fraction of sp³-hybridized carbons (Fsp3) is 0.214. The summed E-state index contributed by atoms with van der Waals surface area (Å²) in [5, 5.41) is 4.21. The van der Waals surface area contributed by atoms with Gasteiger partial charge in [-0.3, -0.25) is 23.5 Å². The van der Waals surface area contributed by atoms with Gasteiger partial charge < -0.3 is 15.6 Å². The van der Waals surface area contributed by atoms with Gasteiger partial charge in [0.05, 0.1) is 12.0 Å². The Morgan fingerprint density at radius 3 is 2.68 bits per heavy atom. The molecule has 0 atom stereocenters. The number of hydrogen-bond acceptors (Lipinski definition) is 6. The number of aryl methyl sites for hydroxylation is 1.